The lowest BCUT2D eigenvalue weighted by atomic mass is 10.2. The predicted octanol–water partition coefficient (Wildman–Crippen LogP) is 3.45. The molecule has 0 saturated carbocycles. The largest absolute Gasteiger partial charge is 0.350 e. The van der Waals surface area contributed by atoms with E-state index < -0.39 is 6.04 Å². The van der Waals surface area contributed by atoms with Crippen LogP contribution in [-0.2, 0) is 11.3 Å². The molecular formula is C21H20ClN7O. The normalized spacial score (nSPS) is 11.9. The van der Waals surface area contributed by atoms with E-state index in [0.717, 1.165) is 16.8 Å². The van der Waals surface area contributed by atoms with Crippen molar-refractivity contribution in [1.29, 1.82) is 0 Å². The second kappa shape index (κ2) is 8.87. The number of tetrazole rings is 1. The van der Waals surface area contributed by atoms with Gasteiger partial charge >= 0.3 is 0 Å². The molecule has 2 heterocycles. The average Bonchev–Trinajstić information content (AvgIpc) is 3.44. The van der Waals surface area contributed by atoms with Gasteiger partial charge in [0.1, 0.15) is 0 Å². The van der Waals surface area contributed by atoms with Gasteiger partial charge in [0.25, 0.3) is 0 Å². The number of carbonyl (C=O) groups is 1. The number of halogens is 1. The van der Waals surface area contributed by atoms with Crippen LogP contribution in [0.1, 0.15) is 24.9 Å². The van der Waals surface area contributed by atoms with E-state index in [1.165, 1.54) is 4.80 Å². The molecule has 0 aliphatic rings. The van der Waals surface area contributed by atoms with Crippen LogP contribution in [0.2, 0.25) is 5.02 Å². The third-order valence-electron chi connectivity index (χ3n) is 4.62. The summed E-state index contributed by atoms with van der Waals surface area (Å²) in [4.78, 5) is 14.1. The van der Waals surface area contributed by atoms with E-state index in [1.807, 2.05) is 55.6 Å². The zero-order valence-electron chi connectivity index (χ0n) is 16.3. The molecule has 0 fully saturated rings. The van der Waals surface area contributed by atoms with Crippen molar-refractivity contribution >= 4 is 17.5 Å². The number of carbonyl (C=O) groups excluding carboxylic acids is 1. The Morgan fingerprint density at radius 2 is 1.90 bits per heavy atom. The van der Waals surface area contributed by atoms with E-state index in [0.29, 0.717) is 23.8 Å². The highest BCUT2D eigenvalue weighted by atomic mass is 35.5. The molecule has 152 valence electrons. The summed E-state index contributed by atoms with van der Waals surface area (Å²) in [7, 11) is 0. The molecule has 1 unspecified atom stereocenters. The molecule has 30 heavy (non-hydrogen) atoms. The van der Waals surface area contributed by atoms with Gasteiger partial charge in [0.2, 0.25) is 11.7 Å². The minimum atomic E-state index is -0.553. The molecule has 0 aliphatic heterocycles. The highest BCUT2D eigenvalue weighted by Gasteiger charge is 2.22. The number of benzene rings is 2. The molecule has 1 atom stereocenters. The number of rotatable bonds is 7. The van der Waals surface area contributed by atoms with Gasteiger partial charge in [-0.1, -0.05) is 36.7 Å². The van der Waals surface area contributed by atoms with Gasteiger partial charge in [0, 0.05) is 28.9 Å². The van der Waals surface area contributed by atoms with Crippen LogP contribution in [0.3, 0.4) is 0 Å². The molecule has 0 bridgehead atoms. The zero-order chi connectivity index (χ0) is 20.9. The minimum Gasteiger partial charge on any atom is -0.350 e. The maximum Gasteiger partial charge on any atom is 0.247 e. The Labute approximate surface area is 178 Å². The standard InChI is InChI=1S/C21H20ClN7O/c1-2-19(29-26-20(25-27-29)16-8-10-17(22)11-9-16)21(30)23-12-15-13-24-28(14-15)18-6-4-3-5-7-18/h3-11,13-14,19H,2,12H2,1H3,(H,23,30). The first-order chi connectivity index (χ1) is 14.6. The molecule has 0 aliphatic carbocycles. The fourth-order valence-electron chi connectivity index (χ4n) is 3.01. The summed E-state index contributed by atoms with van der Waals surface area (Å²) < 4.78 is 1.77. The number of amides is 1. The summed E-state index contributed by atoms with van der Waals surface area (Å²) in [5.74, 6) is 0.270. The van der Waals surface area contributed by atoms with E-state index in [1.54, 1.807) is 23.0 Å². The highest BCUT2D eigenvalue weighted by molar-refractivity contribution is 6.30. The predicted molar refractivity (Wildman–Crippen MR) is 113 cm³/mol. The summed E-state index contributed by atoms with van der Waals surface area (Å²) in [5, 5.41) is 20.4. The summed E-state index contributed by atoms with van der Waals surface area (Å²) >= 11 is 5.92. The minimum absolute atomic E-state index is 0.176. The summed E-state index contributed by atoms with van der Waals surface area (Å²) in [6.07, 6.45) is 4.16. The van der Waals surface area contributed by atoms with Crippen molar-refractivity contribution in [2.75, 3.05) is 0 Å². The molecular weight excluding hydrogens is 402 g/mol. The van der Waals surface area contributed by atoms with Gasteiger partial charge in [0.05, 0.1) is 11.9 Å². The Morgan fingerprint density at radius 1 is 1.13 bits per heavy atom. The Balaban J connectivity index is 1.41. The Bertz CT molecular complexity index is 1120. The van der Waals surface area contributed by atoms with Crippen molar-refractivity contribution in [2.45, 2.75) is 25.9 Å². The molecule has 0 radical (unpaired) electrons. The van der Waals surface area contributed by atoms with E-state index in [2.05, 4.69) is 25.8 Å². The lowest BCUT2D eigenvalue weighted by Crippen LogP contribution is -2.33. The molecule has 0 saturated heterocycles. The Morgan fingerprint density at radius 3 is 2.63 bits per heavy atom. The van der Waals surface area contributed by atoms with Crippen LogP contribution < -0.4 is 5.32 Å². The van der Waals surface area contributed by atoms with Gasteiger partial charge in [-0.3, -0.25) is 4.79 Å². The van der Waals surface area contributed by atoms with Crippen molar-refractivity contribution in [2.24, 2.45) is 0 Å². The van der Waals surface area contributed by atoms with E-state index >= 15 is 0 Å². The van der Waals surface area contributed by atoms with Crippen LogP contribution in [0.25, 0.3) is 17.1 Å². The van der Waals surface area contributed by atoms with Gasteiger partial charge in [-0.15, -0.1) is 10.2 Å². The van der Waals surface area contributed by atoms with Gasteiger partial charge in [0.15, 0.2) is 6.04 Å². The van der Waals surface area contributed by atoms with Crippen LogP contribution >= 0.6 is 11.6 Å². The Kier molecular flexibility index (Phi) is 5.85. The van der Waals surface area contributed by atoms with Gasteiger partial charge in [-0.05, 0) is 48.0 Å². The number of nitrogens with zero attached hydrogens (tertiary/aromatic N) is 6. The van der Waals surface area contributed by atoms with Crippen LogP contribution in [-0.4, -0.2) is 35.9 Å². The summed E-state index contributed by atoms with van der Waals surface area (Å²) in [6, 6.07) is 16.4. The van der Waals surface area contributed by atoms with Crippen molar-refractivity contribution in [3.05, 3.63) is 77.6 Å². The van der Waals surface area contributed by atoms with E-state index in [4.69, 9.17) is 11.6 Å². The quantitative estimate of drug-likeness (QED) is 0.493. The molecule has 4 rings (SSSR count). The van der Waals surface area contributed by atoms with Gasteiger partial charge in [-0.25, -0.2) is 4.68 Å². The van der Waals surface area contributed by atoms with Crippen molar-refractivity contribution in [1.82, 2.24) is 35.3 Å². The number of hydrogen-bond acceptors (Lipinski definition) is 5. The fraction of sp³-hybridized carbons (Fsp3) is 0.190. The first-order valence-electron chi connectivity index (χ1n) is 9.56. The molecule has 1 amide bonds. The van der Waals surface area contributed by atoms with Crippen LogP contribution in [0.4, 0.5) is 0 Å². The van der Waals surface area contributed by atoms with Crippen molar-refractivity contribution < 1.29 is 4.79 Å². The van der Waals surface area contributed by atoms with Crippen molar-refractivity contribution in [3.8, 4) is 17.1 Å². The molecule has 4 aromatic rings. The number of nitrogens with one attached hydrogen (secondary N) is 1. The maximum absolute atomic E-state index is 12.7. The van der Waals surface area contributed by atoms with Gasteiger partial charge < -0.3 is 5.32 Å². The monoisotopic (exact) mass is 421 g/mol. The average molecular weight is 422 g/mol. The zero-order valence-corrected chi connectivity index (χ0v) is 17.1. The van der Waals surface area contributed by atoms with E-state index in [9.17, 15) is 4.79 Å². The molecule has 8 nitrogen and oxygen atoms in total. The fourth-order valence-corrected chi connectivity index (χ4v) is 3.13. The molecule has 9 heteroatoms. The number of aromatic nitrogens is 6. The number of hydrogen-bond donors (Lipinski definition) is 1. The van der Waals surface area contributed by atoms with Crippen LogP contribution in [0.5, 0.6) is 0 Å². The van der Waals surface area contributed by atoms with Crippen LogP contribution in [0, 0.1) is 0 Å². The second-order valence-corrected chi connectivity index (χ2v) is 7.15. The smallest absolute Gasteiger partial charge is 0.247 e. The third kappa shape index (κ3) is 4.38. The third-order valence-corrected chi connectivity index (χ3v) is 4.87. The topological polar surface area (TPSA) is 90.5 Å². The first-order valence-corrected chi connectivity index (χ1v) is 9.94. The maximum atomic E-state index is 12.7. The summed E-state index contributed by atoms with van der Waals surface area (Å²) in [6.45, 7) is 2.27. The van der Waals surface area contributed by atoms with E-state index in [-0.39, 0.29) is 5.91 Å². The highest BCUT2D eigenvalue weighted by Crippen LogP contribution is 2.18. The second-order valence-electron chi connectivity index (χ2n) is 6.71. The molecule has 1 N–H and O–H groups in total. The summed E-state index contributed by atoms with van der Waals surface area (Å²) in [5.41, 5.74) is 2.65. The lowest BCUT2D eigenvalue weighted by molar-refractivity contribution is -0.125. The molecule has 2 aromatic heterocycles. The van der Waals surface area contributed by atoms with Gasteiger partial charge in [-0.2, -0.15) is 9.90 Å². The Hall–Kier alpha value is -3.52. The number of para-hydroxylation sites is 1. The first kappa shape index (κ1) is 19.8. The molecule has 0 spiro atoms. The van der Waals surface area contributed by atoms with Crippen LogP contribution in [0.15, 0.2) is 67.0 Å². The lowest BCUT2D eigenvalue weighted by Gasteiger charge is -2.13. The SMILES string of the molecule is CCC(C(=O)NCc1cnn(-c2ccccc2)c1)n1nnc(-c2ccc(Cl)cc2)n1. The molecule has 2 aromatic carbocycles. The van der Waals surface area contributed by atoms with Crippen molar-refractivity contribution in [3.63, 3.8) is 0 Å².